The lowest BCUT2D eigenvalue weighted by Gasteiger charge is -2.34. The van der Waals surface area contributed by atoms with Crippen LogP contribution in [-0.4, -0.2) is 35.2 Å². The van der Waals surface area contributed by atoms with E-state index in [2.05, 4.69) is 11.2 Å². The maximum atomic E-state index is 13.8. The number of hydrogen-bond donors (Lipinski definition) is 2. The van der Waals surface area contributed by atoms with Crippen molar-refractivity contribution in [2.45, 2.75) is 25.9 Å². The summed E-state index contributed by atoms with van der Waals surface area (Å²) >= 11 is 0. The number of terminal acetylenes is 1. The average molecular weight is 308 g/mol. The van der Waals surface area contributed by atoms with Crippen LogP contribution >= 0.6 is 0 Å². The van der Waals surface area contributed by atoms with E-state index in [9.17, 15) is 18.7 Å². The van der Waals surface area contributed by atoms with Crippen LogP contribution < -0.4 is 5.32 Å². The van der Waals surface area contributed by atoms with Crippen molar-refractivity contribution >= 4 is 11.7 Å². The Hall–Kier alpha value is -2.13. The molecule has 2 unspecified atom stereocenters. The molecule has 2 atom stereocenters. The molecule has 1 aromatic rings. The molecule has 2 rings (SSSR count). The highest BCUT2D eigenvalue weighted by Gasteiger charge is 2.27. The van der Waals surface area contributed by atoms with Gasteiger partial charge in [0.25, 0.3) is 0 Å². The number of anilines is 1. The summed E-state index contributed by atoms with van der Waals surface area (Å²) in [6.07, 6.45) is 6.13. The highest BCUT2D eigenvalue weighted by Crippen LogP contribution is 2.23. The minimum absolute atomic E-state index is 0.0296. The van der Waals surface area contributed by atoms with Gasteiger partial charge in [0.05, 0.1) is 6.10 Å². The van der Waals surface area contributed by atoms with Crippen molar-refractivity contribution in [3.05, 3.63) is 29.3 Å². The predicted molar refractivity (Wildman–Crippen MR) is 79.3 cm³/mol. The van der Waals surface area contributed by atoms with Crippen LogP contribution in [-0.2, 0) is 0 Å². The number of carbonyl (C=O) groups excluding carboxylic acids is 1. The van der Waals surface area contributed by atoms with Crippen LogP contribution in [0.5, 0.6) is 0 Å². The second-order valence-electron chi connectivity index (χ2n) is 5.48. The van der Waals surface area contributed by atoms with Gasteiger partial charge in [-0.05, 0) is 31.9 Å². The number of aliphatic hydroxyl groups excluding tert-OH is 1. The first kappa shape index (κ1) is 16.2. The smallest absolute Gasteiger partial charge is 0.322 e. The van der Waals surface area contributed by atoms with Gasteiger partial charge in [-0.3, -0.25) is 0 Å². The molecule has 0 radical (unpaired) electrons. The Bertz CT molecular complexity index is 588. The third kappa shape index (κ3) is 3.55. The number of nitrogens with one attached hydrogen (secondary N) is 1. The summed E-state index contributed by atoms with van der Waals surface area (Å²) in [5, 5.41) is 11.9. The molecule has 1 aliphatic rings. The van der Waals surface area contributed by atoms with Crippen molar-refractivity contribution < 1.29 is 18.7 Å². The largest absolute Gasteiger partial charge is 0.393 e. The molecule has 0 saturated carbocycles. The van der Waals surface area contributed by atoms with Gasteiger partial charge in [-0.2, -0.15) is 0 Å². The zero-order valence-electron chi connectivity index (χ0n) is 12.3. The molecule has 2 N–H and O–H groups in total. The Morgan fingerprint density at radius 1 is 1.50 bits per heavy atom. The molecule has 1 aliphatic heterocycles. The van der Waals surface area contributed by atoms with Crippen LogP contribution in [0.4, 0.5) is 19.3 Å². The van der Waals surface area contributed by atoms with Gasteiger partial charge in [0.15, 0.2) is 11.6 Å². The van der Waals surface area contributed by atoms with Crippen molar-refractivity contribution in [1.29, 1.82) is 0 Å². The molecule has 0 aromatic heterocycles. The van der Waals surface area contributed by atoms with E-state index in [0.717, 1.165) is 25.0 Å². The summed E-state index contributed by atoms with van der Waals surface area (Å²) in [7, 11) is 0. The van der Waals surface area contributed by atoms with Gasteiger partial charge in [0, 0.05) is 24.6 Å². The van der Waals surface area contributed by atoms with E-state index in [1.54, 1.807) is 6.92 Å². The fraction of sp³-hybridized carbons (Fsp3) is 0.438. The first-order valence-corrected chi connectivity index (χ1v) is 7.12. The van der Waals surface area contributed by atoms with Crippen LogP contribution in [0.3, 0.4) is 0 Å². The average Bonchev–Trinajstić information content (AvgIpc) is 2.50. The fourth-order valence-corrected chi connectivity index (χ4v) is 2.55. The van der Waals surface area contributed by atoms with Gasteiger partial charge in [0.1, 0.15) is 5.69 Å². The van der Waals surface area contributed by atoms with Crippen molar-refractivity contribution in [3.8, 4) is 12.3 Å². The molecular formula is C16H18F2N2O2. The Morgan fingerprint density at radius 3 is 2.68 bits per heavy atom. The first-order chi connectivity index (χ1) is 10.4. The van der Waals surface area contributed by atoms with Crippen LogP contribution in [0.2, 0.25) is 0 Å². The molecular weight excluding hydrogens is 290 g/mol. The Morgan fingerprint density at radius 2 is 2.14 bits per heavy atom. The highest BCUT2D eigenvalue weighted by atomic mass is 19.1. The molecule has 22 heavy (non-hydrogen) atoms. The van der Waals surface area contributed by atoms with E-state index < -0.39 is 29.5 Å². The SMILES string of the molecule is C#Cc1cc(F)c(NC(=O)N2CCCC(C(C)O)C2)c(F)c1. The van der Waals surface area contributed by atoms with Crippen molar-refractivity contribution in [2.75, 3.05) is 18.4 Å². The van der Waals surface area contributed by atoms with E-state index >= 15 is 0 Å². The van der Waals surface area contributed by atoms with Crippen molar-refractivity contribution in [1.82, 2.24) is 4.90 Å². The normalized spacial score (nSPS) is 19.4. The minimum atomic E-state index is -0.912. The molecule has 0 bridgehead atoms. The summed E-state index contributed by atoms with van der Waals surface area (Å²) in [5.74, 6) is 0.287. The number of urea groups is 1. The number of amides is 2. The first-order valence-electron chi connectivity index (χ1n) is 7.12. The quantitative estimate of drug-likeness (QED) is 0.825. The maximum absolute atomic E-state index is 13.8. The molecule has 1 heterocycles. The maximum Gasteiger partial charge on any atom is 0.322 e. The molecule has 2 amide bonds. The Balaban J connectivity index is 2.11. The zero-order chi connectivity index (χ0) is 16.3. The number of nitrogens with zero attached hydrogens (tertiary/aromatic N) is 1. The van der Waals surface area contributed by atoms with E-state index in [0.29, 0.717) is 13.1 Å². The second kappa shape index (κ2) is 6.75. The lowest BCUT2D eigenvalue weighted by molar-refractivity contribution is 0.0765. The third-order valence-corrected chi connectivity index (χ3v) is 3.87. The van der Waals surface area contributed by atoms with E-state index in [1.165, 1.54) is 4.90 Å². The number of benzene rings is 1. The van der Waals surface area contributed by atoms with E-state index in [1.807, 2.05) is 0 Å². The number of halogens is 2. The van der Waals surface area contributed by atoms with Gasteiger partial charge in [-0.25, -0.2) is 13.6 Å². The lowest BCUT2D eigenvalue weighted by atomic mass is 9.94. The number of hydrogen-bond acceptors (Lipinski definition) is 2. The van der Waals surface area contributed by atoms with Gasteiger partial charge < -0.3 is 15.3 Å². The summed E-state index contributed by atoms with van der Waals surface area (Å²) in [5.41, 5.74) is -0.441. The highest BCUT2D eigenvalue weighted by molar-refractivity contribution is 5.89. The Kier molecular flexibility index (Phi) is 4.99. The van der Waals surface area contributed by atoms with Crippen LogP contribution in [0.15, 0.2) is 12.1 Å². The number of aliphatic hydroxyl groups is 1. The van der Waals surface area contributed by atoms with Crippen molar-refractivity contribution in [3.63, 3.8) is 0 Å². The van der Waals surface area contributed by atoms with Gasteiger partial charge >= 0.3 is 6.03 Å². The van der Waals surface area contributed by atoms with Crippen LogP contribution in [0.1, 0.15) is 25.3 Å². The predicted octanol–water partition coefficient (Wildman–Crippen LogP) is 2.57. The second-order valence-corrected chi connectivity index (χ2v) is 5.48. The van der Waals surface area contributed by atoms with Gasteiger partial charge in [-0.1, -0.05) is 5.92 Å². The number of piperidine rings is 1. The van der Waals surface area contributed by atoms with Crippen molar-refractivity contribution in [2.24, 2.45) is 5.92 Å². The molecule has 4 nitrogen and oxygen atoms in total. The molecule has 0 spiro atoms. The molecule has 1 fully saturated rings. The molecule has 1 saturated heterocycles. The molecule has 0 aliphatic carbocycles. The minimum Gasteiger partial charge on any atom is -0.393 e. The lowest BCUT2D eigenvalue weighted by Crippen LogP contribution is -2.45. The summed E-state index contributed by atoms with van der Waals surface area (Å²) < 4.78 is 27.6. The molecule has 1 aromatic carbocycles. The topological polar surface area (TPSA) is 52.6 Å². The number of carbonyl (C=O) groups is 1. The third-order valence-electron chi connectivity index (χ3n) is 3.87. The Labute approximate surface area is 128 Å². The van der Waals surface area contributed by atoms with Gasteiger partial charge in [-0.15, -0.1) is 6.42 Å². The molecule has 6 heteroatoms. The summed E-state index contributed by atoms with van der Waals surface area (Å²) in [4.78, 5) is 13.6. The molecule has 118 valence electrons. The van der Waals surface area contributed by atoms with E-state index in [4.69, 9.17) is 6.42 Å². The van der Waals surface area contributed by atoms with Crippen LogP contribution in [0, 0.1) is 29.9 Å². The van der Waals surface area contributed by atoms with E-state index in [-0.39, 0.29) is 11.5 Å². The summed E-state index contributed by atoms with van der Waals surface area (Å²) in [6.45, 7) is 2.51. The number of likely N-dealkylation sites (tertiary alicyclic amines) is 1. The standard InChI is InChI=1S/C16H18F2N2O2/c1-3-11-7-13(17)15(14(18)8-11)19-16(22)20-6-4-5-12(9-20)10(2)21/h1,7-8,10,12,21H,4-6,9H2,2H3,(H,19,22). The van der Waals surface area contributed by atoms with Crippen LogP contribution in [0.25, 0.3) is 0 Å². The fourth-order valence-electron chi connectivity index (χ4n) is 2.55. The monoisotopic (exact) mass is 308 g/mol. The van der Waals surface area contributed by atoms with Gasteiger partial charge in [0.2, 0.25) is 0 Å². The summed E-state index contributed by atoms with van der Waals surface area (Å²) in [6, 6.07) is 1.40. The number of rotatable bonds is 2. The zero-order valence-corrected chi connectivity index (χ0v) is 12.3.